The average molecular weight is 336 g/mol. The normalized spacial score (nSPS) is 26.6. The van der Waals surface area contributed by atoms with Gasteiger partial charge in [-0.3, -0.25) is 9.78 Å². The number of nitrogens with one attached hydrogen (secondary N) is 1. The largest absolute Gasteiger partial charge is 0.416 e. The number of rotatable bonds is 4. The van der Waals surface area contributed by atoms with Crippen LogP contribution in [0.15, 0.2) is 36.1 Å². The number of hydrogen-bond donors (Lipinski definition) is 1. The lowest BCUT2D eigenvalue weighted by Gasteiger charge is -2.18. The number of halogens is 3. The highest BCUT2D eigenvalue weighted by atomic mass is 19.4. The molecule has 0 aromatic carbocycles. The third-order valence-corrected chi connectivity index (χ3v) is 5.01. The Morgan fingerprint density at radius 1 is 1.38 bits per heavy atom. The summed E-state index contributed by atoms with van der Waals surface area (Å²) in [6.45, 7) is 1.55. The van der Waals surface area contributed by atoms with Crippen LogP contribution in [0.3, 0.4) is 0 Å². The van der Waals surface area contributed by atoms with Crippen LogP contribution < -0.4 is 5.32 Å². The molecule has 0 bridgehead atoms. The second-order valence-electron chi connectivity index (χ2n) is 6.34. The summed E-state index contributed by atoms with van der Waals surface area (Å²) in [5, 5.41) is 3.06. The van der Waals surface area contributed by atoms with Crippen molar-refractivity contribution in [3.05, 3.63) is 47.3 Å². The molecule has 6 heteroatoms. The van der Waals surface area contributed by atoms with E-state index in [4.69, 9.17) is 0 Å². The Balaban J connectivity index is 1.89. The molecule has 128 valence electrons. The number of aromatic nitrogens is 1. The van der Waals surface area contributed by atoms with Gasteiger partial charge in [-0.1, -0.05) is 18.2 Å². The first-order valence-electron chi connectivity index (χ1n) is 7.93. The molecule has 0 saturated heterocycles. The van der Waals surface area contributed by atoms with E-state index in [9.17, 15) is 18.0 Å². The molecule has 2 aliphatic rings. The quantitative estimate of drug-likeness (QED) is 0.910. The molecule has 0 unspecified atom stereocenters. The lowest BCUT2D eigenvalue weighted by molar-refractivity contribution is -0.119. The zero-order valence-corrected chi connectivity index (χ0v) is 13.6. The number of ketones is 1. The van der Waals surface area contributed by atoms with Gasteiger partial charge in [0.2, 0.25) is 0 Å². The molecule has 0 spiro atoms. The number of hydrogen-bond acceptors (Lipinski definition) is 3. The average Bonchev–Trinajstić information content (AvgIpc) is 3.30. The van der Waals surface area contributed by atoms with E-state index in [-0.39, 0.29) is 17.3 Å². The highest BCUT2D eigenvalue weighted by molar-refractivity contribution is 5.91. The molecule has 1 heterocycles. The van der Waals surface area contributed by atoms with E-state index in [2.05, 4.69) is 10.3 Å². The molecule has 1 aromatic heterocycles. The third-order valence-electron chi connectivity index (χ3n) is 5.01. The Labute approximate surface area is 138 Å². The summed E-state index contributed by atoms with van der Waals surface area (Å²) in [6.07, 6.45) is 1.50. The summed E-state index contributed by atoms with van der Waals surface area (Å²) in [5.41, 5.74) is 0.304. The lowest BCUT2D eigenvalue weighted by atomic mass is 9.93. The van der Waals surface area contributed by atoms with E-state index in [1.165, 1.54) is 0 Å². The van der Waals surface area contributed by atoms with Gasteiger partial charge < -0.3 is 5.32 Å². The molecule has 0 amide bonds. The first kappa shape index (κ1) is 16.9. The second-order valence-corrected chi connectivity index (χ2v) is 6.34. The Kier molecular flexibility index (Phi) is 4.11. The van der Waals surface area contributed by atoms with Crippen LogP contribution in [0.1, 0.15) is 43.4 Å². The lowest BCUT2D eigenvalue weighted by Crippen LogP contribution is -2.36. The zero-order valence-electron chi connectivity index (χ0n) is 13.6. The van der Waals surface area contributed by atoms with Gasteiger partial charge in [-0.15, -0.1) is 0 Å². The van der Waals surface area contributed by atoms with Crippen LogP contribution in [0.4, 0.5) is 13.2 Å². The Hall–Kier alpha value is -1.95. The molecule has 2 aliphatic carbocycles. The van der Waals surface area contributed by atoms with Crippen molar-refractivity contribution < 1.29 is 18.0 Å². The van der Waals surface area contributed by atoms with Gasteiger partial charge in [0, 0.05) is 12.1 Å². The monoisotopic (exact) mass is 336 g/mol. The van der Waals surface area contributed by atoms with E-state index in [1.807, 2.05) is 0 Å². The standard InChI is InChI=1S/C18H19F3N2O/c1-11(24)17(22-2)9-15(17)12-7-8-16(23-10-12)13-5-3-4-6-14(13)18(19,20)21/h4,6-8,10,15,22H,3,5,9H2,1-2H3/t15-,17-/m0/s1. The fourth-order valence-corrected chi connectivity index (χ4v) is 3.49. The molecular formula is C18H19F3N2O. The van der Waals surface area contributed by atoms with Crippen LogP contribution in [-0.4, -0.2) is 29.5 Å². The third kappa shape index (κ3) is 2.79. The SMILES string of the molecule is CN[C@]1(C(C)=O)C[C@H]1c1ccc(C2=C(C(F)(F)F)C=CCC2)nc1. The number of carbonyl (C=O) groups is 1. The van der Waals surface area contributed by atoms with Crippen LogP contribution in [0.2, 0.25) is 0 Å². The first-order chi connectivity index (χ1) is 11.3. The molecule has 1 aromatic rings. The zero-order chi connectivity index (χ0) is 17.5. The number of carbonyl (C=O) groups excluding carboxylic acids is 1. The molecule has 0 radical (unpaired) electrons. The van der Waals surface area contributed by atoms with Crippen molar-refractivity contribution in [2.45, 2.75) is 43.8 Å². The summed E-state index contributed by atoms with van der Waals surface area (Å²) >= 11 is 0. The Bertz CT molecular complexity index is 719. The van der Waals surface area contributed by atoms with Gasteiger partial charge >= 0.3 is 6.18 Å². The van der Waals surface area contributed by atoms with Gasteiger partial charge in [0.05, 0.1) is 16.8 Å². The van der Waals surface area contributed by atoms with E-state index < -0.39 is 17.3 Å². The van der Waals surface area contributed by atoms with E-state index in [0.717, 1.165) is 11.6 Å². The topological polar surface area (TPSA) is 42.0 Å². The maximum Gasteiger partial charge on any atom is 0.416 e. The van der Waals surface area contributed by atoms with Gasteiger partial charge in [-0.25, -0.2) is 0 Å². The van der Waals surface area contributed by atoms with Crippen molar-refractivity contribution in [3.8, 4) is 0 Å². The van der Waals surface area contributed by atoms with E-state index in [0.29, 0.717) is 25.0 Å². The molecule has 1 saturated carbocycles. The van der Waals surface area contributed by atoms with Gasteiger partial charge in [0.1, 0.15) is 5.78 Å². The van der Waals surface area contributed by atoms with Crippen LogP contribution >= 0.6 is 0 Å². The minimum atomic E-state index is -4.38. The second kappa shape index (κ2) is 5.84. The first-order valence-corrected chi connectivity index (χ1v) is 7.93. The molecular weight excluding hydrogens is 317 g/mol. The van der Waals surface area contributed by atoms with E-state index >= 15 is 0 Å². The molecule has 3 rings (SSSR count). The molecule has 3 nitrogen and oxygen atoms in total. The maximum atomic E-state index is 13.1. The van der Waals surface area contributed by atoms with Crippen molar-refractivity contribution in [2.75, 3.05) is 7.05 Å². The Morgan fingerprint density at radius 3 is 2.62 bits per heavy atom. The van der Waals surface area contributed by atoms with Crippen molar-refractivity contribution >= 4 is 11.4 Å². The van der Waals surface area contributed by atoms with Gasteiger partial charge in [0.25, 0.3) is 0 Å². The fourth-order valence-electron chi connectivity index (χ4n) is 3.49. The van der Waals surface area contributed by atoms with Crippen molar-refractivity contribution in [3.63, 3.8) is 0 Å². The number of alkyl halides is 3. The van der Waals surface area contributed by atoms with Crippen molar-refractivity contribution in [1.29, 1.82) is 0 Å². The maximum absolute atomic E-state index is 13.1. The van der Waals surface area contributed by atoms with Crippen LogP contribution in [-0.2, 0) is 4.79 Å². The minimum absolute atomic E-state index is 0.0314. The fraction of sp³-hybridized carbons (Fsp3) is 0.444. The summed E-state index contributed by atoms with van der Waals surface area (Å²) in [6, 6.07) is 3.42. The number of nitrogens with zero attached hydrogens (tertiary/aromatic N) is 1. The van der Waals surface area contributed by atoms with Gasteiger partial charge in [-0.05, 0) is 50.4 Å². The van der Waals surface area contributed by atoms with Gasteiger partial charge in [-0.2, -0.15) is 13.2 Å². The van der Waals surface area contributed by atoms with Crippen LogP contribution in [0, 0.1) is 0 Å². The highest BCUT2D eigenvalue weighted by Crippen LogP contribution is 2.51. The van der Waals surface area contributed by atoms with Crippen LogP contribution in [0.5, 0.6) is 0 Å². The van der Waals surface area contributed by atoms with Crippen molar-refractivity contribution in [1.82, 2.24) is 10.3 Å². The minimum Gasteiger partial charge on any atom is -0.307 e. The predicted octanol–water partition coefficient (Wildman–Crippen LogP) is 3.78. The van der Waals surface area contributed by atoms with Gasteiger partial charge in [0.15, 0.2) is 0 Å². The van der Waals surface area contributed by atoms with E-state index in [1.54, 1.807) is 38.4 Å². The van der Waals surface area contributed by atoms with Crippen LogP contribution in [0.25, 0.3) is 5.57 Å². The number of allylic oxidation sites excluding steroid dienone is 4. The molecule has 24 heavy (non-hydrogen) atoms. The molecule has 1 fully saturated rings. The smallest absolute Gasteiger partial charge is 0.307 e. The Morgan fingerprint density at radius 2 is 2.12 bits per heavy atom. The predicted molar refractivity (Wildman–Crippen MR) is 85.4 cm³/mol. The summed E-state index contributed by atoms with van der Waals surface area (Å²) < 4.78 is 39.4. The van der Waals surface area contributed by atoms with Crippen molar-refractivity contribution in [2.24, 2.45) is 0 Å². The number of Topliss-reactive ketones (excluding diaryl/α,β-unsaturated/α-hetero) is 1. The number of likely N-dealkylation sites (N-methyl/N-ethyl adjacent to an activating group) is 1. The molecule has 0 aliphatic heterocycles. The molecule has 2 atom stereocenters. The summed E-state index contributed by atoms with van der Waals surface area (Å²) in [4.78, 5) is 16.0. The number of pyridine rings is 1. The molecule has 1 N–H and O–H groups in total. The summed E-state index contributed by atoms with van der Waals surface area (Å²) in [7, 11) is 1.75. The highest BCUT2D eigenvalue weighted by Gasteiger charge is 2.57. The summed E-state index contributed by atoms with van der Waals surface area (Å²) in [5.74, 6) is 0.0995.